The molecule has 3 N–H and O–H groups in total. The third-order valence-electron chi connectivity index (χ3n) is 3.08. The van der Waals surface area contributed by atoms with E-state index in [1.54, 1.807) is 0 Å². The summed E-state index contributed by atoms with van der Waals surface area (Å²) in [5.74, 6) is -1.53. The molecule has 110 valence electrons. The SMILES string of the molecule is O=C(NC(CO)Cc1ccccc1)c1cc(F)ccc1O. The quantitative estimate of drug-likeness (QED) is 0.787. The molecule has 4 nitrogen and oxygen atoms in total. The molecule has 0 aliphatic heterocycles. The first kappa shape index (κ1) is 15.0. The van der Waals surface area contributed by atoms with Gasteiger partial charge in [0.05, 0.1) is 18.2 Å². The predicted molar refractivity (Wildman–Crippen MR) is 76.6 cm³/mol. The van der Waals surface area contributed by atoms with E-state index in [0.29, 0.717) is 6.42 Å². The molecule has 0 aliphatic rings. The maximum Gasteiger partial charge on any atom is 0.255 e. The van der Waals surface area contributed by atoms with Gasteiger partial charge >= 0.3 is 0 Å². The summed E-state index contributed by atoms with van der Waals surface area (Å²) in [6.07, 6.45) is 0.444. The zero-order valence-electron chi connectivity index (χ0n) is 11.3. The Balaban J connectivity index is 2.07. The van der Waals surface area contributed by atoms with Gasteiger partial charge in [-0.05, 0) is 30.2 Å². The molecule has 0 fully saturated rings. The summed E-state index contributed by atoms with van der Waals surface area (Å²) in [5.41, 5.74) is 0.807. The van der Waals surface area contributed by atoms with E-state index in [1.807, 2.05) is 30.3 Å². The molecule has 5 heteroatoms. The van der Waals surface area contributed by atoms with Crippen molar-refractivity contribution in [2.45, 2.75) is 12.5 Å². The van der Waals surface area contributed by atoms with Crippen LogP contribution in [0.15, 0.2) is 48.5 Å². The number of phenolic OH excluding ortho intramolecular Hbond substituents is 1. The van der Waals surface area contributed by atoms with Crippen LogP contribution in [0.25, 0.3) is 0 Å². The molecule has 1 unspecified atom stereocenters. The van der Waals surface area contributed by atoms with E-state index in [1.165, 1.54) is 0 Å². The molecule has 0 aromatic heterocycles. The molecular weight excluding hydrogens is 273 g/mol. The van der Waals surface area contributed by atoms with Crippen LogP contribution in [-0.2, 0) is 6.42 Å². The number of aromatic hydroxyl groups is 1. The monoisotopic (exact) mass is 289 g/mol. The smallest absolute Gasteiger partial charge is 0.255 e. The number of hydrogen-bond donors (Lipinski definition) is 3. The van der Waals surface area contributed by atoms with Crippen molar-refractivity contribution in [1.29, 1.82) is 0 Å². The van der Waals surface area contributed by atoms with E-state index >= 15 is 0 Å². The molecular formula is C16H16FNO3. The number of halogens is 1. The van der Waals surface area contributed by atoms with Gasteiger partial charge in [0.2, 0.25) is 0 Å². The van der Waals surface area contributed by atoms with Crippen molar-refractivity contribution in [1.82, 2.24) is 5.32 Å². The van der Waals surface area contributed by atoms with Gasteiger partial charge in [-0.25, -0.2) is 4.39 Å². The lowest BCUT2D eigenvalue weighted by Gasteiger charge is -2.17. The summed E-state index contributed by atoms with van der Waals surface area (Å²) >= 11 is 0. The average molecular weight is 289 g/mol. The van der Waals surface area contributed by atoms with Crippen molar-refractivity contribution >= 4 is 5.91 Å². The lowest BCUT2D eigenvalue weighted by atomic mass is 10.1. The van der Waals surface area contributed by atoms with Crippen molar-refractivity contribution in [3.63, 3.8) is 0 Å². The molecule has 0 bridgehead atoms. The lowest BCUT2D eigenvalue weighted by molar-refractivity contribution is 0.0913. The van der Waals surface area contributed by atoms with E-state index in [9.17, 15) is 19.4 Å². The fourth-order valence-electron chi connectivity index (χ4n) is 2.01. The molecule has 2 aromatic carbocycles. The zero-order chi connectivity index (χ0) is 15.2. The number of rotatable bonds is 5. The minimum absolute atomic E-state index is 0.151. The number of hydrogen-bond acceptors (Lipinski definition) is 3. The fourth-order valence-corrected chi connectivity index (χ4v) is 2.01. The first-order valence-corrected chi connectivity index (χ1v) is 6.54. The second-order valence-corrected chi connectivity index (χ2v) is 4.70. The van der Waals surface area contributed by atoms with Crippen LogP contribution in [0.2, 0.25) is 0 Å². The number of aliphatic hydroxyl groups is 1. The molecule has 21 heavy (non-hydrogen) atoms. The average Bonchev–Trinajstić information content (AvgIpc) is 2.50. The number of nitrogens with one attached hydrogen (secondary N) is 1. The summed E-state index contributed by atoms with van der Waals surface area (Å²) in [7, 11) is 0. The van der Waals surface area contributed by atoms with Crippen molar-refractivity contribution < 1.29 is 19.4 Å². The highest BCUT2D eigenvalue weighted by Gasteiger charge is 2.17. The highest BCUT2D eigenvalue weighted by molar-refractivity contribution is 5.97. The minimum atomic E-state index is -0.623. The van der Waals surface area contributed by atoms with Gasteiger partial charge in [0.15, 0.2) is 0 Å². The topological polar surface area (TPSA) is 69.6 Å². The Morgan fingerprint density at radius 2 is 1.90 bits per heavy atom. The molecule has 1 amide bonds. The van der Waals surface area contributed by atoms with E-state index in [2.05, 4.69) is 5.32 Å². The van der Waals surface area contributed by atoms with Gasteiger partial charge in [-0.1, -0.05) is 30.3 Å². The zero-order valence-corrected chi connectivity index (χ0v) is 11.3. The van der Waals surface area contributed by atoms with Crippen LogP contribution in [0.4, 0.5) is 4.39 Å². The van der Waals surface area contributed by atoms with E-state index < -0.39 is 17.8 Å². The second kappa shape index (κ2) is 6.85. The van der Waals surface area contributed by atoms with Gasteiger partial charge in [-0.15, -0.1) is 0 Å². The number of benzene rings is 2. The third-order valence-corrected chi connectivity index (χ3v) is 3.08. The van der Waals surface area contributed by atoms with Gasteiger partial charge in [-0.2, -0.15) is 0 Å². The molecule has 0 saturated heterocycles. The van der Waals surface area contributed by atoms with Gasteiger partial charge in [0.1, 0.15) is 11.6 Å². The van der Waals surface area contributed by atoms with Crippen LogP contribution in [0.5, 0.6) is 5.75 Å². The maximum atomic E-state index is 13.1. The summed E-state index contributed by atoms with van der Waals surface area (Å²) in [4.78, 5) is 12.0. The Morgan fingerprint density at radius 1 is 1.19 bits per heavy atom. The number of phenols is 1. The Morgan fingerprint density at radius 3 is 2.57 bits per heavy atom. The normalized spacial score (nSPS) is 11.9. The molecule has 1 atom stereocenters. The van der Waals surface area contributed by atoms with Crippen LogP contribution in [-0.4, -0.2) is 28.8 Å². The second-order valence-electron chi connectivity index (χ2n) is 4.70. The first-order valence-electron chi connectivity index (χ1n) is 6.54. The predicted octanol–water partition coefficient (Wildman–Crippen LogP) is 1.86. The standard InChI is InChI=1S/C16H16FNO3/c17-12-6-7-15(20)14(9-12)16(21)18-13(10-19)8-11-4-2-1-3-5-11/h1-7,9,13,19-20H,8,10H2,(H,18,21). The van der Waals surface area contributed by atoms with Gasteiger partial charge in [-0.3, -0.25) is 4.79 Å². The molecule has 0 spiro atoms. The lowest BCUT2D eigenvalue weighted by Crippen LogP contribution is -2.39. The summed E-state index contributed by atoms with van der Waals surface area (Å²) in [6, 6.07) is 12.0. The summed E-state index contributed by atoms with van der Waals surface area (Å²) in [5, 5.41) is 21.5. The number of carbonyl (C=O) groups excluding carboxylic acids is 1. The Bertz CT molecular complexity index is 616. The molecule has 2 rings (SSSR count). The molecule has 0 aliphatic carbocycles. The fraction of sp³-hybridized carbons (Fsp3) is 0.188. The van der Waals surface area contributed by atoms with Crippen LogP contribution < -0.4 is 5.32 Å². The third kappa shape index (κ3) is 4.03. The van der Waals surface area contributed by atoms with E-state index in [4.69, 9.17) is 0 Å². The van der Waals surface area contributed by atoms with Gasteiger partial charge in [0, 0.05) is 0 Å². The Labute approximate surface area is 121 Å². The number of aliphatic hydroxyl groups excluding tert-OH is 1. The van der Waals surface area contributed by atoms with Crippen molar-refractivity contribution in [3.8, 4) is 5.75 Å². The number of carbonyl (C=O) groups is 1. The summed E-state index contributed by atoms with van der Waals surface area (Å²) in [6.45, 7) is -0.253. The van der Waals surface area contributed by atoms with E-state index in [-0.39, 0.29) is 17.9 Å². The molecule has 0 saturated carbocycles. The van der Waals surface area contributed by atoms with Crippen molar-refractivity contribution in [2.24, 2.45) is 0 Å². The van der Waals surface area contributed by atoms with Crippen LogP contribution in [0.1, 0.15) is 15.9 Å². The van der Waals surface area contributed by atoms with Gasteiger partial charge in [0.25, 0.3) is 5.91 Å². The van der Waals surface area contributed by atoms with Crippen LogP contribution in [0, 0.1) is 5.82 Å². The number of amides is 1. The maximum absolute atomic E-state index is 13.1. The molecule has 0 heterocycles. The van der Waals surface area contributed by atoms with Crippen molar-refractivity contribution in [3.05, 3.63) is 65.5 Å². The Kier molecular flexibility index (Phi) is 4.90. The largest absolute Gasteiger partial charge is 0.507 e. The molecule has 0 radical (unpaired) electrons. The first-order chi connectivity index (χ1) is 10.1. The molecule has 2 aromatic rings. The van der Waals surface area contributed by atoms with Crippen LogP contribution >= 0.6 is 0 Å². The van der Waals surface area contributed by atoms with Gasteiger partial charge < -0.3 is 15.5 Å². The highest BCUT2D eigenvalue weighted by atomic mass is 19.1. The van der Waals surface area contributed by atoms with E-state index in [0.717, 1.165) is 23.8 Å². The van der Waals surface area contributed by atoms with Crippen LogP contribution in [0.3, 0.4) is 0 Å². The minimum Gasteiger partial charge on any atom is -0.507 e. The Hall–Kier alpha value is -2.40. The van der Waals surface area contributed by atoms with Crippen molar-refractivity contribution in [2.75, 3.05) is 6.61 Å². The highest BCUT2D eigenvalue weighted by Crippen LogP contribution is 2.18. The summed E-state index contributed by atoms with van der Waals surface area (Å²) < 4.78 is 13.1.